The summed E-state index contributed by atoms with van der Waals surface area (Å²) in [5.74, 6) is -0.339. The zero-order chi connectivity index (χ0) is 15.8. The maximum atomic E-state index is 12.5. The Morgan fingerprint density at radius 3 is 2.57 bits per heavy atom. The number of anilines is 1. The lowest BCUT2D eigenvalue weighted by atomic mass is 10.3. The average molecular weight is 314 g/mol. The van der Waals surface area contributed by atoms with E-state index in [2.05, 4.69) is 0 Å². The zero-order valence-corrected chi connectivity index (χ0v) is 12.0. The molecule has 0 aliphatic carbocycles. The highest BCUT2D eigenvalue weighted by Gasteiger charge is 2.33. The number of benzene rings is 1. The SMILES string of the molecule is CN1CCN(S(=O)(=O)c2cc([N+](=O)[O-])ccc2N)CC1=O. The van der Waals surface area contributed by atoms with Crippen molar-refractivity contribution in [3.63, 3.8) is 0 Å². The summed E-state index contributed by atoms with van der Waals surface area (Å²) < 4.78 is 26.0. The zero-order valence-electron chi connectivity index (χ0n) is 11.2. The van der Waals surface area contributed by atoms with Crippen LogP contribution in [0, 0.1) is 10.1 Å². The molecule has 1 amide bonds. The molecule has 1 aliphatic heterocycles. The Morgan fingerprint density at radius 2 is 2.00 bits per heavy atom. The Bertz CT molecular complexity index is 703. The van der Waals surface area contributed by atoms with E-state index in [-0.39, 0.29) is 41.8 Å². The number of hydrogen-bond acceptors (Lipinski definition) is 6. The van der Waals surface area contributed by atoms with Crippen molar-refractivity contribution in [3.8, 4) is 0 Å². The third-order valence-corrected chi connectivity index (χ3v) is 5.15. The molecular weight excluding hydrogens is 300 g/mol. The standard InChI is InChI=1S/C11H14N4O5S/c1-13-4-5-14(7-11(13)16)21(19,20)10-6-8(15(17)18)2-3-9(10)12/h2-3,6H,4-5,7,12H2,1H3. The molecule has 114 valence electrons. The van der Waals surface area contributed by atoms with Crippen LogP contribution in [0.15, 0.2) is 23.1 Å². The van der Waals surface area contributed by atoms with Crippen LogP contribution in [0.3, 0.4) is 0 Å². The molecule has 0 aromatic heterocycles. The topological polar surface area (TPSA) is 127 Å². The lowest BCUT2D eigenvalue weighted by Crippen LogP contribution is -2.50. The maximum absolute atomic E-state index is 12.5. The molecule has 2 rings (SSSR count). The lowest BCUT2D eigenvalue weighted by molar-refractivity contribution is -0.385. The van der Waals surface area contributed by atoms with Crippen LogP contribution >= 0.6 is 0 Å². The summed E-state index contributed by atoms with van der Waals surface area (Å²) in [5.41, 5.74) is 5.16. The van der Waals surface area contributed by atoms with Crippen molar-refractivity contribution in [2.24, 2.45) is 0 Å². The summed E-state index contributed by atoms with van der Waals surface area (Å²) >= 11 is 0. The van der Waals surface area contributed by atoms with E-state index >= 15 is 0 Å². The van der Waals surface area contributed by atoms with E-state index in [1.807, 2.05) is 0 Å². The Labute approximate surface area is 121 Å². The van der Waals surface area contributed by atoms with Crippen molar-refractivity contribution in [1.82, 2.24) is 9.21 Å². The molecule has 1 aromatic carbocycles. The van der Waals surface area contributed by atoms with Gasteiger partial charge in [-0.25, -0.2) is 8.42 Å². The minimum absolute atomic E-state index is 0.0908. The number of non-ortho nitro benzene ring substituents is 1. The second-order valence-corrected chi connectivity index (χ2v) is 6.54. The summed E-state index contributed by atoms with van der Waals surface area (Å²) in [6.07, 6.45) is 0. The van der Waals surface area contributed by atoms with E-state index in [0.717, 1.165) is 16.4 Å². The fraction of sp³-hybridized carbons (Fsp3) is 0.364. The number of nitro benzene ring substituents is 1. The molecule has 0 spiro atoms. The number of carbonyl (C=O) groups excluding carboxylic acids is 1. The van der Waals surface area contributed by atoms with Crippen LogP contribution < -0.4 is 5.73 Å². The average Bonchev–Trinajstić information content (AvgIpc) is 2.41. The number of nitrogen functional groups attached to an aromatic ring is 1. The van der Waals surface area contributed by atoms with E-state index in [0.29, 0.717) is 0 Å². The molecule has 0 unspecified atom stereocenters. The van der Waals surface area contributed by atoms with Gasteiger partial charge in [0.15, 0.2) is 0 Å². The summed E-state index contributed by atoms with van der Waals surface area (Å²) in [7, 11) is -2.47. The lowest BCUT2D eigenvalue weighted by Gasteiger charge is -2.31. The van der Waals surface area contributed by atoms with Crippen LogP contribution in [0.25, 0.3) is 0 Å². The van der Waals surface area contributed by atoms with Gasteiger partial charge in [-0.15, -0.1) is 0 Å². The van der Waals surface area contributed by atoms with Crippen molar-refractivity contribution in [1.29, 1.82) is 0 Å². The second-order valence-electron chi connectivity index (χ2n) is 4.63. The first-order valence-electron chi connectivity index (χ1n) is 6.01. The third-order valence-electron chi connectivity index (χ3n) is 3.25. The van der Waals surface area contributed by atoms with Gasteiger partial charge in [0.05, 0.1) is 17.2 Å². The number of nitro groups is 1. The highest BCUT2D eigenvalue weighted by molar-refractivity contribution is 7.89. The first-order valence-corrected chi connectivity index (χ1v) is 7.45. The Kier molecular flexibility index (Phi) is 3.83. The molecule has 0 atom stereocenters. The first kappa shape index (κ1) is 15.2. The fourth-order valence-corrected chi connectivity index (χ4v) is 3.46. The molecule has 1 aromatic rings. The molecule has 0 radical (unpaired) electrons. The van der Waals surface area contributed by atoms with Gasteiger partial charge in [-0.1, -0.05) is 0 Å². The second kappa shape index (κ2) is 5.30. The van der Waals surface area contributed by atoms with Crippen molar-refractivity contribution >= 4 is 27.3 Å². The number of sulfonamides is 1. The molecule has 0 saturated carbocycles. The minimum atomic E-state index is -4.05. The van der Waals surface area contributed by atoms with Crippen LogP contribution in [0.2, 0.25) is 0 Å². The van der Waals surface area contributed by atoms with Crippen LogP contribution in [0.5, 0.6) is 0 Å². The Balaban J connectivity index is 2.42. The van der Waals surface area contributed by atoms with Gasteiger partial charge in [-0.05, 0) is 6.07 Å². The minimum Gasteiger partial charge on any atom is -0.398 e. The number of hydrogen-bond donors (Lipinski definition) is 1. The maximum Gasteiger partial charge on any atom is 0.270 e. The van der Waals surface area contributed by atoms with Crippen LogP contribution in [0.4, 0.5) is 11.4 Å². The van der Waals surface area contributed by atoms with Gasteiger partial charge in [-0.3, -0.25) is 14.9 Å². The van der Waals surface area contributed by atoms with E-state index in [1.165, 1.54) is 11.0 Å². The van der Waals surface area contributed by atoms with Crippen molar-refractivity contribution in [2.75, 3.05) is 32.4 Å². The predicted octanol–water partition coefficient (Wildman–Crippen LogP) is -0.360. The molecule has 0 bridgehead atoms. The van der Waals surface area contributed by atoms with Gasteiger partial charge in [0.2, 0.25) is 15.9 Å². The van der Waals surface area contributed by atoms with E-state index in [1.54, 1.807) is 7.05 Å². The molecule has 10 heteroatoms. The van der Waals surface area contributed by atoms with Crippen molar-refractivity contribution in [3.05, 3.63) is 28.3 Å². The van der Waals surface area contributed by atoms with Crippen LogP contribution in [-0.2, 0) is 14.8 Å². The summed E-state index contributed by atoms with van der Waals surface area (Å²) in [6, 6.07) is 3.21. The number of nitrogens with two attached hydrogens (primary N) is 1. The number of rotatable bonds is 3. The largest absolute Gasteiger partial charge is 0.398 e. The normalized spacial score (nSPS) is 17.0. The van der Waals surface area contributed by atoms with E-state index in [4.69, 9.17) is 5.73 Å². The molecule has 1 aliphatic rings. The number of nitrogens with zero attached hydrogens (tertiary/aromatic N) is 3. The molecule has 1 fully saturated rings. The molecule has 2 N–H and O–H groups in total. The quantitative estimate of drug-likeness (QED) is 0.461. The van der Waals surface area contributed by atoms with Gasteiger partial charge in [0.1, 0.15) is 4.90 Å². The van der Waals surface area contributed by atoms with E-state index < -0.39 is 14.9 Å². The van der Waals surface area contributed by atoms with Crippen LogP contribution in [0.1, 0.15) is 0 Å². The number of carbonyl (C=O) groups is 1. The summed E-state index contributed by atoms with van der Waals surface area (Å²) in [4.78, 5) is 22.7. The first-order chi connectivity index (χ1) is 9.73. The number of likely N-dealkylation sites (N-methyl/N-ethyl adjacent to an activating group) is 1. The molecular formula is C11H14N4O5S. The summed E-state index contributed by atoms with van der Waals surface area (Å²) in [5, 5.41) is 10.8. The number of amides is 1. The van der Waals surface area contributed by atoms with Gasteiger partial charge in [-0.2, -0.15) is 4.31 Å². The number of piperazine rings is 1. The van der Waals surface area contributed by atoms with E-state index in [9.17, 15) is 23.3 Å². The van der Waals surface area contributed by atoms with Crippen molar-refractivity contribution in [2.45, 2.75) is 4.90 Å². The molecule has 1 saturated heterocycles. The molecule has 9 nitrogen and oxygen atoms in total. The smallest absolute Gasteiger partial charge is 0.270 e. The van der Waals surface area contributed by atoms with Gasteiger partial charge in [0, 0.05) is 32.3 Å². The third kappa shape index (κ3) is 2.81. The monoisotopic (exact) mass is 314 g/mol. The summed E-state index contributed by atoms with van der Waals surface area (Å²) in [6.45, 7) is 0.0700. The van der Waals surface area contributed by atoms with Gasteiger partial charge in [0.25, 0.3) is 5.69 Å². The van der Waals surface area contributed by atoms with Gasteiger partial charge >= 0.3 is 0 Å². The highest BCUT2D eigenvalue weighted by Crippen LogP contribution is 2.27. The Morgan fingerprint density at radius 1 is 1.33 bits per heavy atom. The van der Waals surface area contributed by atoms with Gasteiger partial charge < -0.3 is 10.6 Å². The molecule has 21 heavy (non-hydrogen) atoms. The fourth-order valence-electron chi connectivity index (χ4n) is 1.94. The van der Waals surface area contributed by atoms with Crippen molar-refractivity contribution < 1.29 is 18.1 Å². The van der Waals surface area contributed by atoms with Crippen LogP contribution in [-0.4, -0.2) is 55.1 Å². The molecule has 1 heterocycles. The highest BCUT2D eigenvalue weighted by atomic mass is 32.2. The predicted molar refractivity (Wildman–Crippen MR) is 73.9 cm³/mol. The Hall–Kier alpha value is -2.20.